The van der Waals surface area contributed by atoms with Crippen molar-refractivity contribution >= 4 is 16.3 Å². The van der Waals surface area contributed by atoms with Crippen molar-refractivity contribution in [2.24, 2.45) is 5.92 Å². The van der Waals surface area contributed by atoms with E-state index in [1.807, 2.05) is 0 Å². The lowest BCUT2D eigenvalue weighted by Gasteiger charge is -2.31. The Hall–Kier alpha value is -0.910. The molecule has 4 nitrogen and oxygen atoms in total. The summed E-state index contributed by atoms with van der Waals surface area (Å²) in [6, 6.07) is 0.853. The number of likely N-dealkylation sites (tertiary alicyclic amines) is 1. The Kier molecular flexibility index (Phi) is 3.50. The lowest BCUT2D eigenvalue weighted by molar-refractivity contribution is 0.174. The van der Waals surface area contributed by atoms with E-state index < -0.39 is 0 Å². The van der Waals surface area contributed by atoms with Crippen molar-refractivity contribution in [2.75, 3.05) is 19.6 Å². The first kappa shape index (κ1) is 12.8. The molecule has 1 aliphatic carbocycles. The Morgan fingerprint density at radius 2 is 2.10 bits per heavy atom. The standard InChI is InChI=1S/C15H22N4S/c1-2-13(1)16-9-12-3-5-18(6-4-12)10-14-11-19-7-8-20-15(19)17-14/h7-8,11-13,16H,1-6,9-10H2. The molecule has 0 spiro atoms. The molecule has 2 fully saturated rings. The summed E-state index contributed by atoms with van der Waals surface area (Å²) in [5.41, 5.74) is 1.21. The summed E-state index contributed by atoms with van der Waals surface area (Å²) in [5.74, 6) is 0.886. The van der Waals surface area contributed by atoms with Gasteiger partial charge in [-0.25, -0.2) is 4.98 Å². The minimum Gasteiger partial charge on any atom is -0.314 e. The predicted octanol–water partition coefficient (Wildman–Crippen LogP) is 2.36. The van der Waals surface area contributed by atoms with Crippen LogP contribution in [0.4, 0.5) is 0 Å². The Morgan fingerprint density at radius 1 is 1.25 bits per heavy atom. The first-order valence-electron chi connectivity index (χ1n) is 7.73. The van der Waals surface area contributed by atoms with Crippen molar-refractivity contribution in [2.45, 2.75) is 38.3 Å². The minimum atomic E-state index is 0.853. The van der Waals surface area contributed by atoms with Gasteiger partial charge in [0, 0.05) is 30.4 Å². The highest BCUT2D eigenvalue weighted by Crippen LogP contribution is 2.22. The number of hydrogen-bond acceptors (Lipinski definition) is 4. The summed E-state index contributed by atoms with van der Waals surface area (Å²) in [6.07, 6.45) is 9.73. The molecule has 2 aromatic heterocycles. The Labute approximate surface area is 123 Å². The van der Waals surface area contributed by atoms with Crippen LogP contribution in [0, 0.1) is 5.92 Å². The number of rotatable bonds is 5. The summed E-state index contributed by atoms with van der Waals surface area (Å²) in [4.78, 5) is 8.35. The molecule has 5 heteroatoms. The number of fused-ring (bicyclic) bond motifs is 1. The SMILES string of the molecule is c1cn2cc(CN3CCC(CNC4CC4)CC3)nc2s1. The van der Waals surface area contributed by atoms with Gasteiger partial charge in [-0.05, 0) is 51.2 Å². The minimum absolute atomic E-state index is 0.853. The van der Waals surface area contributed by atoms with E-state index in [-0.39, 0.29) is 0 Å². The third-order valence-electron chi connectivity index (χ3n) is 4.51. The number of nitrogens with one attached hydrogen (secondary N) is 1. The molecule has 2 aromatic rings. The molecule has 3 heterocycles. The molecule has 0 aromatic carbocycles. The number of nitrogens with zero attached hydrogens (tertiary/aromatic N) is 3. The van der Waals surface area contributed by atoms with E-state index in [2.05, 4.69) is 37.4 Å². The van der Waals surface area contributed by atoms with Crippen LogP contribution in [-0.4, -0.2) is 40.0 Å². The second kappa shape index (κ2) is 5.47. The molecule has 0 unspecified atom stereocenters. The average molecular weight is 290 g/mol. The normalized spacial score (nSPS) is 21.8. The van der Waals surface area contributed by atoms with Crippen LogP contribution >= 0.6 is 11.3 Å². The smallest absolute Gasteiger partial charge is 0.193 e. The van der Waals surface area contributed by atoms with Crippen LogP contribution in [0.25, 0.3) is 4.96 Å². The van der Waals surface area contributed by atoms with E-state index in [0.717, 1.165) is 23.5 Å². The van der Waals surface area contributed by atoms with Crippen LogP contribution in [0.5, 0.6) is 0 Å². The van der Waals surface area contributed by atoms with Gasteiger partial charge >= 0.3 is 0 Å². The zero-order valence-electron chi connectivity index (χ0n) is 11.8. The fraction of sp³-hybridized carbons (Fsp3) is 0.667. The van der Waals surface area contributed by atoms with Gasteiger partial charge in [-0.15, -0.1) is 11.3 Å². The van der Waals surface area contributed by atoms with E-state index in [1.165, 1.54) is 51.0 Å². The van der Waals surface area contributed by atoms with E-state index in [4.69, 9.17) is 0 Å². The summed E-state index contributed by atoms with van der Waals surface area (Å²) >= 11 is 1.71. The van der Waals surface area contributed by atoms with Crippen LogP contribution in [-0.2, 0) is 6.54 Å². The predicted molar refractivity (Wildman–Crippen MR) is 82.1 cm³/mol. The molecule has 1 aliphatic heterocycles. The number of hydrogen-bond donors (Lipinski definition) is 1. The molecule has 0 amide bonds. The van der Waals surface area contributed by atoms with Crippen LogP contribution in [0.15, 0.2) is 17.8 Å². The van der Waals surface area contributed by atoms with Gasteiger partial charge in [0.25, 0.3) is 0 Å². The second-order valence-corrected chi connectivity index (χ2v) is 7.10. The van der Waals surface area contributed by atoms with Crippen LogP contribution in [0.3, 0.4) is 0 Å². The van der Waals surface area contributed by atoms with Gasteiger partial charge in [0.05, 0.1) is 5.69 Å². The van der Waals surface area contributed by atoms with E-state index in [9.17, 15) is 0 Å². The summed E-state index contributed by atoms with van der Waals surface area (Å²) in [6.45, 7) is 4.69. The van der Waals surface area contributed by atoms with E-state index in [1.54, 1.807) is 11.3 Å². The highest BCUT2D eigenvalue weighted by Gasteiger charge is 2.24. The van der Waals surface area contributed by atoms with Gasteiger partial charge in [0.1, 0.15) is 0 Å². The monoisotopic (exact) mass is 290 g/mol. The lowest BCUT2D eigenvalue weighted by Crippen LogP contribution is -2.37. The maximum atomic E-state index is 4.68. The molecule has 20 heavy (non-hydrogen) atoms. The average Bonchev–Trinajstić information content (AvgIpc) is 3.06. The number of thiazole rings is 1. The third-order valence-corrected chi connectivity index (χ3v) is 5.28. The van der Waals surface area contributed by atoms with E-state index >= 15 is 0 Å². The molecule has 108 valence electrons. The summed E-state index contributed by atoms with van der Waals surface area (Å²) in [5, 5.41) is 5.76. The fourth-order valence-electron chi connectivity index (χ4n) is 3.05. The maximum absolute atomic E-state index is 4.68. The molecule has 0 radical (unpaired) electrons. The van der Waals surface area contributed by atoms with Crippen molar-refractivity contribution in [3.63, 3.8) is 0 Å². The Balaban J connectivity index is 1.27. The highest BCUT2D eigenvalue weighted by atomic mass is 32.1. The summed E-state index contributed by atoms with van der Waals surface area (Å²) in [7, 11) is 0. The number of aromatic nitrogens is 2. The highest BCUT2D eigenvalue weighted by molar-refractivity contribution is 7.15. The second-order valence-electron chi connectivity index (χ2n) is 6.23. The van der Waals surface area contributed by atoms with Crippen molar-refractivity contribution in [1.82, 2.24) is 19.6 Å². The van der Waals surface area contributed by atoms with Gasteiger partial charge in [-0.1, -0.05) is 0 Å². The third kappa shape index (κ3) is 2.90. The van der Waals surface area contributed by atoms with Gasteiger partial charge in [0.2, 0.25) is 0 Å². The van der Waals surface area contributed by atoms with Gasteiger partial charge in [-0.2, -0.15) is 0 Å². The topological polar surface area (TPSA) is 32.6 Å². The Bertz CT molecular complexity index is 535. The summed E-state index contributed by atoms with van der Waals surface area (Å²) < 4.78 is 2.13. The number of imidazole rings is 1. The fourth-order valence-corrected chi connectivity index (χ4v) is 3.77. The molecular formula is C15H22N4S. The van der Waals surface area contributed by atoms with Crippen molar-refractivity contribution in [3.05, 3.63) is 23.5 Å². The molecule has 0 atom stereocenters. The molecule has 4 rings (SSSR count). The zero-order chi connectivity index (χ0) is 13.4. The van der Waals surface area contributed by atoms with Gasteiger partial charge < -0.3 is 5.32 Å². The molecule has 1 saturated heterocycles. The van der Waals surface area contributed by atoms with Gasteiger partial charge in [-0.3, -0.25) is 9.30 Å². The van der Waals surface area contributed by atoms with Crippen LogP contribution < -0.4 is 5.32 Å². The molecule has 0 bridgehead atoms. The molecule has 1 N–H and O–H groups in total. The molecule has 1 saturated carbocycles. The van der Waals surface area contributed by atoms with Crippen molar-refractivity contribution in [1.29, 1.82) is 0 Å². The first-order valence-corrected chi connectivity index (χ1v) is 8.61. The van der Waals surface area contributed by atoms with Gasteiger partial charge in [0.15, 0.2) is 4.96 Å². The molecular weight excluding hydrogens is 268 g/mol. The van der Waals surface area contributed by atoms with Crippen molar-refractivity contribution < 1.29 is 0 Å². The van der Waals surface area contributed by atoms with Crippen LogP contribution in [0.2, 0.25) is 0 Å². The van der Waals surface area contributed by atoms with Crippen molar-refractivity contribution in [3.8, 4) is 0 Å². The lowest BCUT2D eigenvalue weighted by atomic mass is 9.96. The van der Waals surface area contributed by atoms with Crippen LogP contribution in [0.1, 0.15) is 31.4 Å². The largest absolute Gasteiger partial charge is 0.314 e. The zero-order valence-corrected chi connectivity index (χ0v) is 12.6. The van der Waals surface area contributed by atoms with E-state index in [0.29, 0.717) is 0 Å². The quantitative estimate of drug-likeness (QED) is 0.917. The first-order chi connectivity index (χ1) is 9.87. The number of piperidine rings is 1. The molecule has 2 aliphatic rings. The maximum Gasteiger partial charge on any atom is 0.193 e. The Morgan fingerprint density at radius 3 is 2.85 bits per heavy atom.